The first kappa shape index (κ1) is 19.6. The van der Waals surface area contributed by atoms with E-state index in [1.54, 1.807) is 12.1 Å². The van der Waals surface area contributed by atoms with Crippen LogP contribution in [-0.4, -0.2) is 20.4 Å². The van der Waals surface area contributed by atoms with Gasteiger partial charge in [-0.3, -0.25) is 4.79 Å². The van der Waals surface area contributed by atoms with Gasteiger partial charge in [-0.25, -0.2) is 8.42 Å². The summed E-state index contributed by atoms with van der Waals surface area (Å²) in [6.45, 7) is 5.69. The smallest absolute Gasteiger partial charge is 0.242 e. The highest BCUT2D eigenvalue weighted by atomic mass is 79.9. The van der Waals surface area contributed by atoms with Gasteiger partial charge < -0.3 is 5.32 Å². The number of hydrogen-bond acceptors (Lipinski definition) is 3. The van der Waals surface area contributed by atoms with Crippen LogP contribution in [0.5, 0.6) is 0 Å². The summed E-state index contributed by atoms with van der Waals surface area (Å²) < 4.78 is 27.8. The van der Waals surface area contributed by atoms with Crippen LogP contribution in [0.4, 0.5) is 5.69 Å². The molecule has 0 aliphatic rings. The summed E-state index contributed by atoms with van der Waals surface area (Å²) in [6, 6.07) is 12.8. The van der Waals surface area contributed by atoms with E-state index in [0.29, 0.717) is 11.6 Å². The molecule has 134 valence electrons. The minimum absolute atomic E-state index is 0.108. The lowest BCUT2D eigenvalue weighted by Crippen LogP contribution is -2.41. The van der Waals surface area contributed by atoms with Crippen molar-refractivity contribution in [3.8, 4) is 0 Å². The molecule has 2 aromatic rings. The normalized spacial score (nSPS) is 12.8. The Hall–Kier alpha value is -1.70. The second-order valence-electron chi connectivity index (χ2n) is 6.06. The number of halogens is 1. The van der Waals surface area contributed by atoms with Crippen molar-refractivity contribution in [1.82, 2.24) is 4.72 Å². The third-order valence-corrected chi connectivity index (χ3v) is 5.78. The molecule has 0 saturated heterocycles. The Labute approximate surface area is 157 Å². The summed E-state index contributed by atoms with van der Waals surface area (Å²) in [7, 11) is -3.76. The third-order valence-electron chi connectivity index (χ3n) is 3.69. The molecular weight excluding hydrogens is 404 g/mol. The Balaban J connectivity index is 2.03. The van der Waals surface area contributed by atoms with E-state index >= 15 is 0 Å². The zero-order valence-corrected chi connectivity index (χ0v) is 16.7. The minimum Gasteiger partial charge on any atom is -0.325 e. The summed E-state index contributed by atoms with van der Waals surface area (Å²) in [6.07, 6.45) is 0. The maximum Gasteiger partial charge on any atom is 0.242 e. The van der Waals surface area contributed by atoms with Crippen molar-refractivity contribution in [1.29, 1.82) is 0 Å². The second-order valence-corrected chi connectivity index (χ2v) is 8.69. The molecule has 5 nitrogen and oxygen atoms in total. The molecule has 0 aliphatic heterocycles. The lowest BCUT2D eigenvalue weighted by atomic mass is 10.0. The van der Waals surface area contributed by atoms with E-state index in [4.69, 9.17) is 0 Å². The number of benzene rings is 2. The lowest BCUT2D eigenvalue weighted by molar-refractivity contribution is -0.117. The van der Waals surface area contributed by atoms with Gasteiger partial charge in [0, 0.05) is 10.2 Å². The van der Waals surface area contributed by atoms with Gasteiger partial charge >= 0.3 is 0 Å². The van der Waals surface area contributed by atoms with Gasteiger partial charge in [0.1, 0.15) is 0 Å². The molecule has 2 rings (SSSR count). The molecule has 1 unspecified atom stereocenters. The zero-order chi connectivity index (χ0) is 18.6. The predicted octanol–water partition coefficient (Wildman–Crippen LogP) is 3.88. The van der Waals surface area contributed by atoms with Crippen LogP contribution in [0.15, 0.2) is 57.9 Å². The molecule has 2 N–H and O–H groups in total. The molecule has 25 heavy (non-hydrogen) atoms. The molecule has 0 saturated carbocycles. The Morgan fingerprint density at radius 3 is 2.04 bits per heavy atom. The van der Waals surface area contributed by atoms with Crippen LogP contribution in [0.25, 0.3) is 0 Å². The number of sulfonamides is 1. The first-order chi connectivity index (χ1) is 11.7. The number of amides is 1. The lowest BCUT2D eigenvalue weighted by Gasteiger charge is -2.15. The van der Waals surface area contributed by atoms with Gasteiger partial charge in [-0.1, -0.05) is 41.9 Å². The van der Waals surface area contributed by atoms with Gasteiger partial charge in [0.25, 0.3) is 0 Å². The zero-order valence-electron chi connectivity index (χ0n) is 14.3. The maximum atomic E-state index is 12.3. The van der Waals surface area contributed by atoms with Crippen molar-refractivity contribution in [3.63, 3.8) is 0 Å². The van der Waals surface area contributed by atoms with Crippen molar-refractivity contribution in [2.24, 2.45) is 0 Å². The van der Waals surface area contributed by atoms with E-state index in [0.717, 1.165) is 4.47 Å². The molecule has 0 bridgehead atoms. The van der Waals surface area contributed by atoms with Gasteiger partial charge in [-0.2, -0.15) is 4.72 Å². The van der Waals surface area contributed by atoms with Crippen LogP contribution in [0.2, 0.25) is 0 Å². The van der Waals surface area contributed by atoms with E-state index in [-0.39, 0.29) is 4.90 Å². The average Bonchev–Trinajstić information content (AvgIpc) is 2.55. The van der Waals surface area contributed by atoms with Gasteiger partial charge in [-0.05, 0) is 54.8 Å². The first-order valence-electron chi connectivity index (χ1n) is 7.88. The highest BCUT2D eigenvalue weighted by Crippen LogP contribution is 2.18. The van der Waals surface area contributed by atoms with Crippen LogP contribution < -0.4 is 10.0 Å². The van der Waals surface area contributed by atoms with Crippen molar-refractivity contribution in [2.45, 2.75) is 37.6 Å². The molecule has 0 aliphatic carbocycles. The summed E-state index contributed by atoms with van der Waals surface area (Å²) >= 11 is 3.26. The van der Waals surface area contributed by atoms with Crippen molar-refractivity contribution in [3.05, 3.63) is 58.6 Å². The Kier molecular flexibility index (Phi) is 6.37. The summed E-state index contributed by atoms with van der Waals surface area (Å²) in [4.78, 5) is 12.4. The third kappa shape index (κ3) is 5.39. The first-order valence-corrected chi connectivity index (χ1v) is 10.2. The molecule has 1 atom stereocenters. The highest BCUT2D eigenvalue weighted by molar-refractivity contribution is 9.10. The Morgan fingerprint density at radius 1 is 0.960 bits per heavy atom. The topological polar surface area (TPSA) is 75.3 Å². The van der Waals surface area contributed by atoms with Crippen LogP contribution in [0, 0.1) is 0 Å². The molecule has 2 aromatic carbocycles. The van der Waals surface area contributed by atoms with Crippen molar-refractivity contribution >= 4 is 37.5 Å². The van der Waals surface area contributed by atoms with Gasteiger partial charge in [0.05, 0.1) is 10.9 Å². The van der Waals surface area contributed by atoms with Gasteiger partial charge in [-0.15, -0.1) is 0 Å². The second kappa shape index (κ2) is 8.12. The Morgan fingerprint density at radius 2 is 1.52 bits per heavy atom. The quantitative estimate of drug-likeness (QED) is 0.738. The molecular formula is C18H21BrN2O3S. The SMILES string of the molecule is CC(NS(=O)(=O)c1ccc(Br)cc1)C(=O)Nc1ccc(C(C)C)cc1. The summed E-state index contributed by atoms with van der Waals surface area (Å²) in [5.41, 5.74) is 1.80. The molecule has 0 radical (unpaired) electrons. The Bertz CT molecular complexity index is 832. The van der Waals surface area contributed by atoms with E-state index in [1.165, 1.54) is 24.6 Å². The van der Waals surface area contributed by atoms with E-state index in [9.17, 15) is 13.2 Å². The predicted molar refractivity (Wildman–Crippen MR) is 103 cm³/mol. The fraction of sp³-hybridized carbons (Fsp3) is 0.278. The van der Waals surface area contributed by atoms with Crippen LogP contribution in [-0.2, 0) is 14.8 Å². The maximum absolute atomic E-state index is 12.3. The molecule has 0 heterocycles. The molecule has 0 aromatic heterocycles. The van der Waals surface area contributed by atoms with Crippen molar-refractivity contribution in [2.75, 3.05) is 5.32 Å². The average molecular weight is 425 g/mol. The fourth-order valence-corrected chi connectivity index (χ4v) is 3.64. The van der Waals surface area contributed by atoms with E-state index in [1.807, 2.05) is 24.3 Å². The van der Waals surface area contributed by atoms with Crippen LogP contribution in [0.1, 0.15) is 32.3 Å². The number of anilines is 1. The van der Waals surface area contributed by atoms with Crippen LogP contribution >= 0.6 is 15.9 Å². The summed E-state index contributed by atoms with van der Waals surface area (Å²) in [5.74, 6) is -0.0145. The molecule has 7 heteroatoms. The molecule has 0 fully saturated rings. The van der Waals surface area contributed by atoms with Gasteiger partial charge in [0.2, 0.25) is 15.9 Å². The number of carbonyl (C=O) groups excluding carboxylic acids is 1. The standard InChI is InChI=1S/C18H21BrN2O3S/c1-12(2)14-4-8-16(9-5-14)20-18(22)13(3)21-25(23,24)17-10-6-15(19)7-11-17/h4-13,21H,1-3H3,(H,20,22). The van der Waals surface area contributed by atoms with E-state index < -0.39 is 22.0 Å². The number of rotatable bonds is 6. The summed E-state index contributed by atoms with van der Waals surface area (Å²) in [5, 5.41) is 2.72. The number of nitrogens with one attached hydrogen (secondary N) is 2. The monoisotopic (exact) mass is 424 g/mol. The minimum atomic E-state index is -3.76. The highest BCUT2D eigenvalue weighted by Gasteiger charge is 2.22. The number of hydrogen-bond donors (Lipinski definition) is 2. The number of carbonyl (C=O) groups is 1. The fourth-order valence-electron chi connectivity index (χ4n) is 2.17. The van der Waals surface area contributed by atoms with Crippen molar-refractivity contribution < 1.29 is 13.2 Å². The molecule has 0 spiro atoms. The van der Waals surface area contributed by atoms with Gasteiger partial charge in [0.15, 0.2) is 0 Å². The largest absolute Gasteiger partial charge is 0.325 e. The molecule has 1 amide bonds. The van der Waals surface area contributed by atoms with Crippen LogP contribution in [0.3, 0.4) is 0 Å². The van der Waals surface area contributed by atoms with E-state index in [2.05, 4.69) is 39.8 Å².